The number of nitrogens with zero attached hydrogens (tertiary/aromatic N) is 1. The number of aryl methyl sites for hydroxylation is 1. The average Bonchev–Trinajstić information content (AvgIpc) is 2.93. The summed E-state index contributed by atoms with van der Waals surface area (Å²) < 4.78 is 16.0. The minimum Gasteiger partial charge on any atom is -0.486 e. The van der Waals surface area contributed by atoms with E-state index in [0.717, 1.165) is 11.3 Å². The lowest BCUT2D eigenvalue weighted by Crippen LogP contribution is -2.18. The van der Waals surface area contributed by atoms with Crippen LogP contribution in [-0.4, -0.2) is 25.3 Å². The topological polar surface area (TPSA) is 73.1 Å². The van der Waals surface area contributed by atoms with E-state index in [0.29, 0.717) is 30.3 Å². The van der Waals surface area contributed by atoms with Gasteiger partial charge in [-0.05, 0) is 36.8 Å². The number of ether oxygens (including phenoxy) is 2. The summed E-state index contributed by atoms with van der Waals surface area (Å²) in [4.78, 5) is 11.8. The SMILES string of the molecule is Cc1occc1C(=O)N/N=C/c1ccc2c(c1)OCCO2. The molecular formula is C15H14N2O4. The standard InChI is InChI=1S/C15H14N2O4/c1-10-12(4-5-19-10)15(18)17-16-9-11-2-3-13-14(8-11)21-7-6-20-13/h2-5,8-9H,6-7H2,1H3,(H,17,18)/b16-9+. The molecule has 6 nitrogen and oxygen atoms in total. The van der Waals surface area contributed by atoms with Crippen LogP contribution in [0.5, 0.6) is 11.5 Å². The number of rotatable bonds is 3. The molecule has 6 heteroatoms. The normalized spacial score (nSPS) is 13.4. The molecule has 1 N–H and O–H groups in total. The predicted molar refractivity (Wildman–Crippen MR) is 75.9 cm³/mol. The minimum absolute atomic E-state index is 0.310. The van der Waals surface area contributed by atoms with Gasteiger partial charge in [-0.3, -0.25) is 4.79 Å². The maximum atomic E-state index is 11.8. The molecule has 0 saturated heterocycles. The molecule has 1 amide bonds. The third-order valence-electron chi connectivity index (χ3n) is 3.05. The molecule has 2 heterocycles. The zero-order chi connectivity index (χ0) is 14.7. The number of hydrogen-bond acceptors (Lipinski definition) is 5. The highest BCUT2D eigenvalue weighted by atomic mass is 16.6. The van der Waals surface area contributed by atoms with Crippen molar-refractivity contribution < 1.29 is 18.7 Å². The number of furan rings is 1. The van der Waals surface area contributed by atoms with E-state index in [9.17, 15) is 4.79 Å². The quantitative estimate of drug-likeness (QED) is 0.693. The van der Waals surface area contributed by atoms with Crippen LogP contribution < -0.4 is 14.9 Å². The zero-order valence-corrected chi connectivity index (χ0v) is 11.5. The fourth-order valence-corrected chi connectivity index (χ4v) is 1.99. The molecule has 1 aromatic carbocycles. The number of carbonyl (C=O) groups is 1. The summed E-state index contributed by atoms with van der Waals surface area (Å²) in [7, 11) is 0. The van der Waals surface area contributed by atoms with E-state index in [1.54, 1.807) is 19.2 Å². The van der Waals surface area contributed by atoms with Gasteiger partial charge in [-0.25, -0.2) is 5.43 Å². The summed E-state index contributed by atoms with van der Waals surface area (Å²) in [5.41, 5.74) is 3.73. The molecule has 1 aliphatic heterocycles. The van der Waals surface area contributed by atoms with Crippen molar-refractivity contribution in [3.8, 4) is 11.5 Å². The van der Waals surface area contributed by atoms with Crippen molar-refractivity contribution in [2.45, 2.75) is 6.92 Å². The third-order valence-corrected chi connectivity index (χ3v) is 3.05. The Balaban J connectivity index is 1.66. The first-order valence-electron chi connectivity index (χ1n) is 6.51. The van der Waals surface area contributed by atoms with Crippen LogP contribution in [0.25, 0.3) is 0 Å². The van der Waals surface area contributed by atoms with Crippen molar-refractivity contribution >= 4 is 12.1 Å². The number of nitrogens with one attached hydrogen (secondary N) is 1. The van der Waals surface area contributed by atoms with E-state index >= 15 is 0 Å². The van der Waals surface area contributed by atoms with E-state index in [2.05, 4.69) is 10.5 Å². The Labute approximate surface area is 121 Å². The monoisotopic (exact) mass is 286 g/mol. The second-order valence-electron chi connectivity index (χ2n) is 4.49. The maximum absolute atomic E-state index is 11.8. The molecule has 3 rings (SSSR count). The molecule has 2 aromatic rings. The largest absolute Gasteiger partial charge is 0.486 e. The molecule has 1 aliphatic rings. The average molecular weight is 286 g/mol. The Kier molecular flexibility index (Phi) is 3.59. The first kappa shape index (κ1) is 13.2. The molecule has 108 valence electrons. The number of fused-ring (bicyclic) bond motifs is 1. The van der Waals surface area contributed by atoms with Crippen molar-refractivity contribution in [3.63, 3.8) is 0 Å². The highest BCUT2D eigenvalue weighted by Crippen LogP contribution is 2.30. The summed E-state index contributed by atoms with van der Waals surface area (Å²) in [6, 6.07) is 7.07. The van der Waals surface area contributed by atoms with Gasteiger partial charge >= 0.3 is 0 Å². The summed E-state index contributed by atoms with van der Waals surface area (Å²) in [5.74, 6) is 1.65. The van der Waals surface area contributed by atoms with Gasteiger partial charge in [0.15, 0.2) is 11.5 Å². The Morgan fingerprint density at radius 2 is 2.05 bits per heavy atom. The van der Waals surface area contributed by atoms with Gasteiger partial charge in [-0.15, -0.1) is 0 Å². The molecule has 0 saturated carbocycles. The summed E-state index contributed by atoms with van der Waals surface area (Å²) in [5, 5.41) is 3.92. The van der Waals surface area contributed by atoms with E-state index in [1.807, 2.05) is 18.2 Å². The van der Waals surface area contributed by atoms with Gasteiger partial charge in [0, 0.05) is 0 Å². The van der Waals surface area contributed by atoms with Crippen molar-refractivity contribution in [1.82, 2.24) is 5.43 Å². The molecule has 0 bridgehead atoms. The highest BCUT2D eigenvalue weighted by molar-refractivity contribution is 5.95. The molecule has 0 fully saturated rings. The van der Waals surface area contributed by atoms with Crippen LogP contribution in [0.3, 0.4) is 0 Å². The first-order chi connectivity index (χ1) is 10.2. The summed E-state index contributed by atoms with van der Waals surface area (Å²) in [6.45, 7) is 2.81. The third kappa shape index (κ3) is 2.89. The van der Waals surface area contributed by atoms with Crippen molar-refractivity contribution in [2.24, 2.45) is 5.10 Å². The minimum atomic E-state index is -0.310. The van der Waals surface area contributed by atoms with Gasteiger partial charge in [-0.1, -0.05) is 0 Å². The molecule has 1 aromatic heterocycles. The van der Waals surface area contributed by atoms with Gasteiger partial charge in [0.2, 0.25) is 0 Å². The van der Waals surface area contributed by atoms with Crippen LogP contribution in [0.1, 0.15) is 21.7 Å². The van der Waals surface area contributed by atoms with Crippen LogP contribution >= 0.6 is 0 Å². The van der Waals surface area contributed by atoms with Gasteiger partial charge in [0.1, 0.15) is 19.0 Å². The second kappa shape index (κ2) is 5.70. The number of amides is 1. The lowest BCUT2D eigenvalue weighted by atomic mass is 10.2. The highest BCUT2D eigenvalue weighted by Gasteiger charge is 2.12. The fourth-order valence-electron chi connectivity index (χ4n) is 1.99. The van der Waals surface area contributed by atoms with E-state index in [4.69, 9.17) is 13.9 Å². The lowest BCUT2D eigenvalue weighted by Gasteiger charge is -2.18. The Morgan fingerprint density at radius 3 is 2.81 bits per heavy atom. The van der Waals surface area contributed by atoms with Crippen molar-refractivity contribution in [2.75, 3.05) is 13.2 Å². The summed E-state index contributed by atoms with van der Waals surface area (Å²) >= 11 is 0. The van der Waals surface area contributed by atoms with Crippen LogP contribution in [-0.2, 0) is 0 Å². The Hall–Kier alpha value is -2.76. The van der Waals surface area contributed by atoms with Gasteiger partial charge in [0.25, 0.3) is 5.91 Å². The summed E-state index contributed by atoms with van der Waals surface area (Å²) in [6.07, 6.45) is 3.01. The predicted octanol–water partition coefficient (Wildman–Crippen LogP) is 2.12. The smallest absolute Gasteiger partial charge is 0.274 e. The molecule has 0 unspecified atom stereocenters. The molecule has 0 atom stereocenters. The zero-order valence-electron chi connectivity index (χ0n) is 11.5. The molecule has 0 aliphatic carbocycles. The van der Waals surface area contributed by atoms with Gasteiger partial charge in [-0.2, -0.15) is 5.10 Å². The Morgan fingerprint density at radius 1 is 1.24 bits per heavy atom. The van der Waals surface area contributed by atoms with Crippen LogP contribution in [0.2, 0.25) is 0 Å². The first-order valence-corrected chi connectivity index (χ1v) is 6.51. The maximum Gasteiger partial charge on any atom is 0.274 e. The van der Waals surface area contributed by atoms with E-state index in [-0.39, 0.29) is 5.91 Å². The van der Waals surface area contributed by atoms with Gasteiger partial charge < -0.3 is 13.9 Å². The molecule has 0 spiro atoms. The van der Waals surface area contributed by atoms with Gasteiger partial charge in [0.05, 0.1) is 18.0 Å². The van der Waals surface area contributed by atoms with Crippen LogP contribution in [0.15, 0.2) is 40.0 Å². The van der Waals surface area contributed by atoms with Crippen molar-refractivity contribution in [1.29, 1.82) is 0 Å². The molecular weight excluding hydrogens is 272 g/mol. The Bertz CT molecular complexity index is 691. The lowest BCUT2D eigenvalue weighted by molar-refractivity contribution is 0.0953. The number of hydrazone groups is 1. The van der Waals surface area contributed by atoms with Crippen LogP contribution in [0.4, 0.5) is 0 Å². The number of carbonyl (C=O) groups excluding carboxylic acids is 1. The fraction of sp³-hybridized carbons (Fsp3) is 0.200. The van der Waals surface area contributed by atoms with E-state index in [1.165, 1.54) is 6.26 Å². The van der Waals surface area contributed by atoms with Crippen molar-refractivity contribution in [3.05, 3.63) is 47.4 Å². The van der Waals surface area contributed by atoms with E-state index < -0.39 is 0 Å². The molecule has 0 radical (unpaired) electrons. The van der Waals surface area contributed by atoms with Crippen LogP contribution in [0, 0.1) is 6.92 Å². The molecule has 21 heavy (non-hydrogen) atoms. The number of hydrogen-bond donors (Lipinski definition) is 1. The number of benzene rings is 1. The second-order valence-corrected chi connectivity index (χ2v) is 4.49.